The maximum Gasteiger partial charge on any atom is 0.247 e. The van der Waals surface area contributed by atoms with Gasteiger partial charge in [-0.3, -0.25) is 4.79 Å². The molecule has 0 aromatic carbocycles. The van der Waals surface area contributed by atoms with E-state index in [0.29, 0.717) is 13.2 Å². The predicted molar refractivity (Wildman–Crippen MR) is 128 cm³/mol. The zero-order chi connectivity index (χ0) is 20.5. The topological polar surface area (TPSA) is 66.0 Å². The molecule has 0 aliphatic heterocycles. The van der Waals surface area contributed by atoms with E-state index in [1.165, 1.54) is 25.6 Å². The predicted octanol–water partition coefficient (Wildman–Crippen LogP) is 4.75. The number of nitrogens with one attached hydrogen (secondary N) is 1. The number of rotatable bonds is 14. The minimum atomic E-state index is -2.26. The molecule has 0 radical (unpaired) electrons. The lowest BCUT2D eigenvalue weighted by Gasteiger charge is -2.19. The van der Waals surface area contributed by atoms with E-state index in [1.54, 1.807) is 18.4 Å². The van der Waals surface area contributed by atoms with Crippen LogP contribution >= 0.6 is 45.9 Å². The molecule has 0 bridgehead atoms. The number of carbonyl (C=O) groups is 1. The molecule has 0 rings (SSSR count). The molecule has 0 saturated heterocycles. The van der Waals surface area contributed by atoms with E-state index in [1.807, 2.05) is 25.6 Å². The van der Waals surface area contributed by atoms with Gasteiger partial charge in [0.25, 0.3) is 0 Å². The summed E-state index contributed by atoms with van der Waals surface area (Å²) in [5.74, 6) is 3.50. The van der Waals surface area contributed by atoms with Crippen LogP contribution in [0.5, 0.6) is 0 Å². The summed E-state index contributed by atoms with van der Waals surface area (Å²) in [6, 6.07) is 0. The number of carbonyl (C=O) groups excluding carboxylic acids is 1. The second kappa shape index (κ2) is 18.7. The summed E-state index contributed by atoms with van der Waals surface area (Å²) in [6.45, 7) is 7.37. The minimum Gasteiger partial charge on any atom is -0.358 e. The second-order valence-corrected chi connectivity index (χ2v) is 18.4. The summed E-state index contributed by atoms with van der Waals surface area (Å²) in [6.07, 6.45) is 0. The first kappa shape index (κ1) is 29.9. The van der Waals surface area contributed by atoms with Gasteiger partial charge in [-0.1, -0.05) is 29.7 Å². The molecule has 0 fully saturated rings. The fourth-order valence-electron chi connectivity index (χ4n) is 1.17. The zero-order valence-corrected chi connectivity index (χ0v) is 22.1. The minimum absolute atomic E-state index is 0.0803. The molecule has 1 amide bonds. The van der Waals surface area contributed by atoms with Gasteiger partial charge in [-0.25, -0.2) is 0 Å². The van der Waals surface area contributed by atoms with Gasteiger partial charge in [-0.2, -0.15) is 11.8 Å². The van der Waals surface area contributed by atoms with Crippen molar-refractivity contribution < 1.29 is 22.9 Å². The monoisotopic (exact) mass is 503 g/mol. The summed E-state index contributed by atoms with van der Waals surface area (Å²) < 4.78 is 21.0. The first-order chi connectivity index (χ1) is 12.3. The van der Waals surface area contributed by atoms with E-state index in [9.17, 15) is 4.79 Å². The van der Waals surface area contributed by atoms with Crippen LogP contribution in [0.25, 0.3) is 0 Å². The maximum atomic E-state index is 10.8. The molecule has 0 aliphatic rings. The molecule has 158 valence electrons. The SMILES string of the molecule is CCOP(=S)(OCC)SCCSCC.CNC(=O)CSP(=S)(OC)OC. The van der Waals surface area contributed by atoms with Crippen molar-refractivity contribution in [3.63, 3.8) is 0 Å². The fourth-order valence-corrected chi connectivity index (χ4v) is 9.75. The molecule has 0 atom stereocenters. The Balaban J connectivity index is 0. The Morgan fingerprint density at radius 3 is 1.88 bits per heavy atom. The van der Waals surface area contributed by atoms with Crippen molar-refractivity contribution in [1.29, 1.82) is 0 Å². The van der Waals surface area contributed by atoms with E-state index in [4.69, 9.17) is 41.7 Å². The summed E-state index contributed by atoms with van der Waals surface area (Å²) >= 11 is 15.2. The molecule has 0 unspecified atom stereocenters. The number of hydrogen-bond donors (Lipinski definition) is 1. The van der Waals surface area contributed by atoms with Gasteiger partial charge in [0.15, 0.2) is 0 Å². The average molecular weight is 504 g/mol. The Kier molecular flexibility index (Phi) is 21.4. The molecule has 0 saturated carbocycles. The Morgan fingerprint density at radius 1 is 0.962 bits per heavy atom. The largest absolute Gasteiger partial charge is 0.358 e. The van der Waals surface area contributed by atoms with E-state index in [-0.39, 0.29) is 11.7 Å². The zero-order valence-electron chi connectivity index (χ0n) is 16.2. The van der Waals surface area contributed by atoms with Crippen LogP contribution in [-0.2, 0) is 46.5 Å². The van der Waals surface area contributed by atoms with E-state index >= 15 is 0 Å². The van der Waals surface area contributed by atoms with Crippen LogP contribution in [0.2, 0.25) is 0 Å². The lowest BCUT2D eigenvalue weighted by molar-refractivity contribution is -0.118. The number of hydrogen-bond acceptors (Lipinski definition) is 10. The smallest absolute Gasteiger partial charge is 0.247 e. The lowest BCUT2D eigenvalue weighted by Crippen LogP contribution is -2.19. The van der Waals surface area contributed by atoms with Gasteiger partial charge in [0.2, 0.25) is 17.3 Å². The maximum absolute atomic E-state index is 10.8. The summed E-state index contributed by atoms with van der Waals surface area (Å²) in [5, 5.41) is 2.49. The average Bonchev–Trinajstić information content (AvgIpc) is 2.64. The summed E-state index contributed by atoms with van der Waals surface area (Å²) in [7, 11) is 4.55. The highest BCUT2D eigenvalue weighted by Crippen LogP contribution is 2.61. The molecule has 0 heterocycles. The standard InChI is InChI=1S/C8H19O2PS3.C5H12NO3PS2/c1-4-9-11(12,10-5-2)14-8-7-13-6-3;1-6-5(7)4-12-10(11,8-2)9-3/h4-8H2,1-3H3;4H2,1-3H3,(H,6,7). The first-order valence-corrected chi connectivity index (χ1v) is 17.6. The molecule has 26 heavy (non-hydrogen) atoms. The third kappa shape index (κ3) is 16.6. The van der Waals surface area contributed by atoms with Crippen molar-refractivity contribution in [3.05, 3.63) is 0 Å². The Morgan fingerprint density at radius 2 is 1.50 bits per heavy atom. The molecule has 0 aliphatic carbocycles. The van der Waals surface area contributed by atoms with Crippen LogP contribution in [0.3, 0.4) is 0 Å². The van der Waals surface area contributed by atoms with Crippen molar-refractivity contribution in [2.45, 2.75) is 20.8 Å². The summed E-state index contributed by atoms with van der Waals surface area (Å²) in [5.41, 5.74) is -4.28. The molecule has 13 heteroatoms. The van der Waals surface area contributed by atoms with Gasteiger partial charge in [-0.15, -0.1) is 0 Å². The van der Waals surface area contributed by atoms with Crippen LogP contribution in [-0.4, -0.2) is 63.4 Å². The quantitative estimate of drug-likeness (QED) is 0.265. The van der Waals surface area contributed by atoms with E-state index in [0.717, 1.165) is 17.3 Å². The van der Waals surface area contributed by atoms with Crippen molar-refractivity contribution in [2.75, 3.05) is 57.5 Å². The highest BCUT2D eigenvalue weighted by molar-refractivity contribution is 8.68. The molecule has 0 aromatic rings. The van der Waals surface area contributed by atoms with Crippen LogP contribution in [0.15, 0.2) is 0 Å². The Hall–Kier alpha value is 1.66. The van der Waals surface area contributed by atoms with Crippen molar-refractivity contribution in [2.24, 2.45) is 0 Å². The van der Waals surface area contributed by atoms with Crippen molar-refractivity contribution >= 4 is 75.4 Å². The van der Waals surface area contributed by atoms with Crippen molar-refractivity contribution in [3.8, 4) is 0 Å². The van der Waals surface area contributed by atoms with Crippen LogP contribution in [0.4, 0.5) is 0 Å². The van der Waals surface area contributed by atoms with Gasteiger partial charge < -0.3 is 23.4 Å². The highest BCUT2D eigenvalue weighted by atomic mass is 32.9. The summed E-state index contributed by atoms with van der Waals surface area (Å²) in [4.78, 5) is 10.8. The Bertz CT molecular complexity index is 441. The van der Waals surface area contributed by atoms with Gasteiger partial charge in [0, 0.05) is 32.8 Å². The van der Waals surface area contributed by atoms with Crippen LogP contribution in [0, 0.1) is 0 Å². The van der Waals surface area contributed by atoms with Gasteiger partial charge in [0.05, 0.1) is 19.0 Å². The molecular formula is C13H31NO5P2S5. The highest BCUT2D eigenvalue weighted by Gasteiger charge is 2.18. The number of thioether (sulfide) groups is 1. The van der Waals surface area contributed by atoms with Crippen LogP contribution < -0.4 is 5.32 Å². The van der Waals surface area contributed by atoms with Gasteiger partial charge in [-0.05, 0) is 43.2 Å². The molecule has 0 aromatic heterocycles. The Labute approximate surface area is 181 Å². The van der Waals surface area contributed by atoms with Crippen LogP contribution in [0.1, 0.15) is 20.8 Å². The molecule has 1 N–H and O–H groups in total. The first-order valence-electron chi connectivity index (χ1n) is 7.94. The van der Waals surface area contributed by atoms with E-state index in [2.05, 4.69) is 12.2 Å². The van der Waals surface area contributed by atoms with Gasteiger partial charge >= 0.3 is 0 Å². The fraction of sp³-hybridized carbons (Fsp3) is 0.923. The molecular weight excluding hydrogens is 472 g/mol. The van der Waals surface area contributed by atoms with E-state index < -0.39 is 11.4 Å². The molecule has 0 spiro atoms. The third-order valence-corrected chi connectivity index (χ3v) is 14.7. The second-order valence-electron chi connectivity index (χ2n) is 4.07. The normalized spacial score (nSPS) is 11.6. The van der Waals surface area contributed by atoms with Gasteiger partial charge in [0.1, 0.15) is 0 Å². The third-order valence-electron chi connectivity index (χ3n) is 2.34. The van der Waals surface area contributed by atoms with Crippen molar-refractivity contribution in [1.82, 2.24) is 5.32 Å². The lowest BCUT2D eigenvalue weighted by atomic mass is 10.7. The number of amides is 1. The molecule has 6 nitrogen and oxygen atoms in total.